The van der Waals surface area contributed by atoms with Gasteiger partial charge in [0.05, 0.1) is 11.3 Å². The molecule has 2 heterocycles. The lowest BCUT2D eigenvalue weighted by Gasteiger charge is -2.04. The Bertz CT molecular complexity index is 514. The van der Waals surface area contributed by atoms with Crippen LogP contribution in [0.4, 0.5) is 11.5 Å². The van der Waals surface area contributed by atoms with Crippen LogP contribution in [0, 0.1) is 0 Å². The summed E-state index contributed by atoms with van der Waals surface area (Å²) in [7, 11) is 0. The van der Waals surface area contributed by atoms with E-state index < -0.39 is 5.97 Å². The molecule has 0 radical (unpaired) electrons. The summed E-state index contributed by atoms with van der Waals surface area (Å²) in [4.78, 5) is 14.8. The molecule has 2 aromatic rings. The molecule has 0 amide bonds. The van der Waals surface area contributed by atoms with Gasteiger partial charge in [-0.2, -0.15) is 11.3 Å². The number of hydrogen-bond donors (Lipinski definition) is 2. The van der Waals surface area contributed by atoms with E-state index >= 15 is 0 Å². The molecule has 0 spiro atoms. The Balaban J connectivity index is 2.31. The van der Waals surface area contributed by atoms with Crippen LogP contribution in [0.3, 0.4) is 0 Å². The standard InChI is InChI=1S/C10H7ClN2O2S/c11-8-3-6(10(14)15)4-9(13-8)12-7-1-2-16-5-7/h1-5H,(H,12,13)(H,14,15). The zero-order chi connectivity index (χ0) is 11.5. The number of hydrogen-bond acceptors (Lipinski definition) is 4. The number of carboxylic acid groups (broad SMARTS) is 1. The molecule has 0 bridgehead atoms. The van der Waals surface area contributed by atoms with Crippen LogP contribution in [0.25, 0.3) is 0 Å². The molecule has 0 atom stereocenters. The van der Waals surface area contributed by atoms with E-state index in [0.29, 0.717) is 5.82 Å². The maximum atomic E-state index is 10.8. The van der Waals surface area contributed by atoms with Crippen LogP contribution in [0.5, 0.6) is 0 Å². The van der Waals surface area contributed by atoms with E-state index in [1.54, 1.807) is 0 Å². The molecular formula is C10H7ClN2O2S. The van der Waals surface area contributed by atoms with E-state index in [9.17, 15) is 4.79 Å². The molecular weight excluding hydrogens is 248 g/mol. The topological polar surface area (TPSA) is 62.2 Å². The molecule has 2 rings (SSSR count). The van der Waals surface area contributed by atoms with E-state index in [1.165, 1.54) is 23.5 Å². The molecule has 16 heavy (non-hydrogen) atoms. The zero-order valence-electron chi connectivity index (χ0n) is 7.98. The van der Waals surface area contributed by atoms with Crippen LogP contribution in [0.15, 0.2) is 29.0 Å². The van der Waals surface area contributed by atoms with Crippen molar-refractivity contribution < 1.29 is 9.90 Å². The summed E-state index contributed by atoms with van der Waals surface area (Å²) in [5, 5.41) is 15.8. The molecule has 0 aliphatic carbocycles. The minimum Gasteiger partial charge on any atom is -0.478 e. The highest BCUT2D eigenvalue weighted by molar-refractivity contribution is 7.08. The van der Waals surface area contributed by atoms with Crippen LogP contribution in [0.2, 0.25) is 5.15 Å². The largest absolute Gasteiger partial charge is 0.478 e. The van der Waals surface area contributed by atoms with Crippen LogP contribution in [-0.2, 0) is 0 Å². The number of pyridine rings is 1. The normalized spacial score (nSPS) is 10.1. The Kier molecular flexibility index (Phi) is 3.07. The summed E-state index contributed by atoms with van der Waals surface area (Å²) >= 11 is 7.26. The van der Waals surface area contributed by atoms with Gasteiger partial charge in [-0.25, -0.2) is 9.78 Å². The van der Waals surface area contributed by atoms with Crippen molar-refractivity contribution in [3.05, 3.63) is 39.7 Å². The maximum absolute atomic E-state index is 10.8. The molecule has 2 N–H and O–H groups in total. The van der Waals surface area contributed by atoms with E-state index in [4.69, 9.17) is 16.7 Å². The van der Waals surface area contributed by atoms with E-state index in [0.717, 1.165) is 5.69 Å². The van der Waals surface area contributed by atoms with Gasteiger partial charge in [0.25, 0.3) is 0 Å². The van der Waals surface area contributed by atoms with Gasteiger partial charge in [0.2, 0.25) is 0 Å². The molecule has 0 fully saturated rings. The third-order valence-corrected chi connectivity index (χ3v) is 2.71. The Morgan fingerprint density at radius 2 is 2.31 bits per heavy atom. The van der Waals surface area contributed by atoms with Crippen LogP contribution in [0.1, 0.15) is 10.4 Å². The minimum atomic E-state index is -1.03. The lowest BCUT2D eigenvalue weighted by molar-refractivity contribution is 0.0697. The highest BCUT2D eigenvalue weighted by Gasteiger charge is 2.07. The first kappa shape index (κ1) is 10.9. The number of halogens is 1. The van der Waals surface area contributed by atoms with E-state index in [-0.39, 0.29) is 10.7 Å². The lowest BCUT2D eigenvalue weighted by Crippen LogP contribution is -2.00. The molecule has 6 heteroatoms. The molecule has 0 saturated carbocycles. The average Bonchev–Trinajstić information content (AvgIpc) is 2.69. The van der Waals surface area contributed by atoms with Crippen molar-refractivity contribution in [2.45, 2.75) is 0 Å². The van der Waals surface area contributed by atoms with Crippen molar-refractivity contribution in [3.63, 3.8) is 0 Å². The first-order valence-electron chi connectivity index (χ1n) is 4.35. The second kappa shape index (κ2) is 4.51. The van der Waals surface area contributed by atoms with Gasteiger partial charge < -0.3 is 10.4 Å². The molecule has 0 saturated heterocycles. The van der Waals surface area contributed by atoms with Gasteiger partial charge in [0.15, 0.2) is 0 Å². The van der Waals surface area contributed by atoms with Gasteiger partial charge in [-0.05, 0) is 23.6 Å². The monoisotopic (exact) mass is 254 g/mol. The number of anilines is 2. The van der Waals surface area contributed by atoms with Crippen molar-refractivity contribution in [2.24, 2.45) is 0 Å². The molecule has 4 nitrogen and oxygen atoms in total. The maximum Gasteiger partial charge on any atom is 0.335 e. The van der Waals surface area contributed by atoms with Crippen molar-refractivity contribution in [1.29, 1.82) is 0 Å². The fourth-order valence-corrected chi connectivity index (χ4v) is 1.96. The quantitative estimate of drug-likeness (QED) is 0.826. The highest BCUT2D eigenvalue weighted by Crippen LogP contribution is 2.20. The van der Waals surface area contributed by atoms with Crippen LogP contribution < -0.4 is 5.32 Å². The molecule has 82 valence electrons. The van der Waals surface area contributed by atoms with Gasteiger partial charge in [-0.1, -0.05) is 11.6 Å². The fraction of sp³-hybridized carbons (Fsp3) is 0. The summed E-state index contributed by atoms with van der Waals surface area (Å²) in [6.45, 7) is 0. The summed E-state index contributed by atoms with van der Waals surface area (Å²) in [6.07, 6.45) is 0. The van der Waals surface area contributed by atoms with Gasteiger partial charge in [-0.3, -0.25) is 0 Å². The molecule has 2 aromatic heterocycles. The number of rotatable bonds is 3. The van der Waals surface area contributed by atoms with E-state index in [2.05, 4.69) is 10.3 Å². The molecule has 0 aromatic carbocycles. The van der Waals surface area contributed by atoms with Gasteiger partial charge in [0.1, 0.15) is 11.0 Å². The van der Waals surface area contributed by atoms with Gasteiger partial charge >= 0.3 is 5.97 Å². The van der Waals surface area contributed by atoms with Crippen molar-refractivity contribution in [1.82, 2.24) is 4.98 Å². The lowest BCUT2D eigenvalue weighted by atomic mass is 10.2. The number of thiophene rings is 1. The number of carbonyl (C=O) groups is 1. The summed E-state index contributed by atoms with van der Waals surface area (Å²) in [5.74, 6) is -0.610. The molecule has 0 aliphatic rings. The Morgan fingerprint density at radius 1 is 1.50 bits per heavy atom. The first-order valence-corrected chi connectivity index (χ1v) is 5.67. The highest BCUT2D eigenvalue weighted by atomic mass is 35.5. The SMILES string of the molecule is O=C(O)c1cc(Cl)nc(Nc2ccsc2)c1. The van der Waals surface area contributed by atoms with Crippen LogP contribution >= 0.6 is 22.9 Å². The average molecular weight is 255 g/mol. The Labute approximate surface area is 101 Å². The van der Waals surface area contributed by atoms with Crippen molar-refractivity contribution in [2.75, 3.05) is 5.32 Å². The minimum absolute atomic E-state index is 0.109. The first-order chi connectivity index (χ1) is 7.65. The third-order valence-electron chi connectivity index (χ3n) is 1.83. The number of nitrogens with zero attached hydrogens (tertiary/aromatic N) is 1. The fourth-order valence-electron chi connectivity index (χ4n) is 1.17. The summed E-state index contributed by atoms with van der Waals surface area (Å²) < 4.78 is 0. The number of carboxylic acids is 1. The van der Waals surface area contributed by atoms with Gasteiger partial charge in [-0.15, -0.1) is 0 Å². The molecule has 0 unspecified atom stereocenters. The smallest absolute Gasteiger partial charge is 0.335 e. The third kappa shape index (κ3) is 2.50. The number of aromatic nitrogens is 1. The second-order valence-corrected chi connectivity index (χ2v) is 4.17. The predicted octanol–water partition coefficient (Wildman–Crippen LogP) is 3.24. The van der Waals surface area contributed by atoms with Gasteiger partial charge in [0, 0.05) is 5.38 Å². The predicted molar refractivity (Wildman–Crippen MR) is 63.8 cm³/mol. The Hall–Kier alpha value is -1.59. The number of nitrogens with one attached hydrogen (secondary N) is 1. The van der Waals surface area contributed by atoms with E-state index in [1.807, 2.05) is 16.8 Å². The van der Waals surface area contributed by atoms with Crippen LogP contribution in [-0.4, -0.2) is 16.1 Å². The summed E-state index contributed by atoms with van der Waals surface area (Å²) in [6, 6.07) is 4.61. The van der Waals surface area contributed by atoms with Crippen molar-refractivity contribution >= 4 is 40.4 Å². The molecule has 0 aliphatic heterocycles. The second-order valence-electron chi connectivity index (χ2n) is 3.01. The van der Waals surface area contributed by atoms with Crippen molar-refractivity contribution in [3.8, 4) is 0 Å². The zero-order valence-corrected chi connectivity index (χ0v) is 9.55. The number of aromatic carboxylic acids is 1. The Morgan fingerprint density at radius 3 is 2.94 bits per heavy atom. The summed E-state index contributed by atoms with van der Waals surface area (Å²) in [5.41, 5.74) is 0.967.